The Hall–Kier alpha value is -1.88. The first-order chi connectivity index (χ1) is 9.66. The Kier molecular flexibility index (Phi) is 5.12. The Morgan fingerprint density at radius 3 is 2.55 bits per heavy atom. The molecule has 5 heteroatoms. The quantitative estimate of drug-likeness (QED) is 0.689. The number of hydrogen-bond donors (Lipinski definition) is 3. The Labute approximate surface area is 119 Å². The summed E-state index contributed by atoms with van der Waals surface area (Å²) in [7, 11) is 0. The average Bonchev–Trinajstić information content (AvgIpc) is 2.98. The predicted octanol–water partition coefficient (Wildman–Crippen LogP) is 0.593. The number of rotatable bonds is 5. The van der Waals surface area contributed by atoms with Crippen molar-refractivity contribution < 1.29 is 9.59 Å². The number of carbonyl (C=O) groups is 2. The van der Waals surface area contributed by atoms with Gasteiger partial charge in [0, 0.05) is 18.7 Å². The summed E-state index contributed by atoms with van der Waals surface area (Å²) in [5, 5.41) is 8.75. The van der Waals surface area contributed by atoms with Gasteiger partial charge in [-0.2, -0.15) is 0 Å². The minimum atomic E-state index is -0.113. The Morgan fingerprint density at radius 2 is 1.90 bits per heavy atom. The van der Waals surface area contributed by atoms with Crippen LogP contribution in [0.4, 0.5) is 0 Å². The molecule has 0 saturated carbocycles. The molecule has 1 aliphatic heterocycles. The van der Waals surface area contributed by atoms with Gasteiger partial charge in [-0.05, 0) is 38.4 Å². The van der Waals surface area contributed by atoms with Crippen LogP contribution in [0.5, 0.6) is 0 Å². The highest BCUT2D eigenvalue weighted by molar-refractivity contribution is 5.94. The van der Waals surface area contributed by atoms with Crippen LogP contribution in [0.15, 0.2) is 24.3 Å². The van der Waals surface area contributed by atoms with Crippen molar-refractivity contribution in [3.05, 3.63) is 35.4 Å². The van der Waals surface area contributed by atoms with Gasteiger partial charge in [0.2, 0.25) is 5.91 Å². The highest BCUT2D eigenvalue weighted by Crippen LogP contribution is 2.04. The van der Waals surface area contributed by atoms with Gasteiger partial charge >= 0.3 is 0 Å². The lowest BCUT2D eigenvalue weighted by atomic mass is 10.1. The lowest BCUT2D eigenvalue weighted by Gasteiger charge is -2.11. The van der Waals surface area contributed by atoms with E-state index in [4.69, 9.17) is 0 Å². The molecule has 108 valence electrons. The molecule has 0 aromatic heterocycles. The molecular weight excluding hydrogens is 254 g/mol. The molecule has 2 amide bonds. The summed E-state index contributed by atoms with van der Waals surface area (Å²) >= 11 is 0. The number of hydrogen-bond acceptors (Lipinski definition) is 3. The molecule has 0 spiro atoms. The second-order valence-corrected chi connectivity index (χ2v) is 5.06. The van der Waals surface area contributed by atoms with E-state index in [0.29, 0.717) is 18.7 Å². The summed E-state index contributed by atoms with van der Waals surface area (Å²) < 4.78 is 0. The van der Waals surface area contributed by atoms with Crippen molar-refractivity contribution in [1.82, 2.24) is 16.0 Å². The largest absolute Gasteiger partial charge is 0.353 e. The number of nitrogens with one attached hydrogen (secondary N) is 3. The van der Waals surface area contributed by atoms with E-state index in [1.807, 2.05) is 19.1 Å². The molecular formula is C15H21N3O2. The fourth-order valence-corrected chi connectivity index (χ4v) is 2.20. The molecule has 2 rings (SSSR count). The lowest BCUT2D eigenvalue weighted by molar-refractivity contribution is -0.122. The fraction of sp³-hybridized carbons (Fsp3) is 0.467. The molecule has 1 aromatic rings. The van der Waals surface area contributed by atoms with Crippen LogP contribution >= 0.6 is 0 Å². The van der Waals surface area contributed by atoms with Gasteiger partial charge < -0.3 is 16.0 Å². The van der Waals surface area contributed by atoms with Crippen LogP contribution in [-0.4, -0.2) is 37.5 Å². The van der Waals surface area contributed by atoms with Crippen molar-refractivity contribution in [3.63, 3.8) is 0 Å². The van der Waals surface area contributed by atoms with Crippen LogP contribution < -0.4 is 16.0 Å². The Balaban J connectivity index is 1.66. The van der Waals surface area contributed by atoms with E-state index >= 15 is 0 Å². The van der Waals surface area contributed by atoms with Gasteiger partial charge in [0.15, 0.2) is 0 Å². The third-order valence-electron chi connectivity index (χ3n) is 3.40. The summed E-state index contributed by atoms with van der Waals surface area (Å²) in [4.78, 5) is 23.5. The maximum atomic E-state index is 11.8. The molecule has 1 saturated heterocycles. The van der Waals surface area contributed by atoms with Gasteiger partial charge in [-0.25, -0.2) is 0 Å². The molecule has 1 aliphatic rings. The lowest BCUT2D eigenvalue weighted by Crippen LogP contribution is -2.43. The molecule has 3 N–H and O–H groups in total. The average molecular weight is 275 g/mol. The van der Waals surface area contributed by atoms with E-state index in [9.17, 15) is 9.59 Å². The van der Waals surface area contributed by atoms with Gasteiger partial charge in [0.1, 0.15) is 0 Å². The van der Waals surface area contributed by atoms with Crippen molar-refractivity contribution in [2.75, 3.05) is 19.6 Å². The normalized spacial score (nSPS) is 17.8. The summed E-state index contributed by atoms with van der Waals surface area (Å²) in [6.07, 6.45) is 1.93. The molecule has 0 aliphatic carbocycles. The SMILES string of the molecule is Cc1ccc(C(=O)NCCNC(=O)[C@H]2CCCN2)cc1. The number of benzene rings is 1. The molecule has 0 bridgehead atoms. The topological polar surface area (TPSA) is 70.2 Å². The van der Waals surface area contributed by atoms with Crippen molar-refractivity contribution in [3.8, 4) is 0 Å². The van der Waals surface area contributed by atoms with Crippen LogP contribution in [0.1, 0.15) is 28.8 Å². The first kappa shape index (κ1) is 14.5. The van der Waals surface area contributed by atoms with Crippen molar-refractivity contribution in [2.24, 2.45) is 0 Å². The second kappa shape index (κ2) is 7.05. The molecule has 0 radical (unpaired) electrons. The zero-order valence-electron chi connectivity index (χ0n) is 11.7. The zero-order valence-corrected chi connectivity index (χ0v) is 11.7. The van der Waals surface area contributed by atoms with Crippen LogP contribution in [0, 0.1) is 6.92 Å². The first-order valence-electron chi connectivity index (χ1n) is 7.03. The maximum Gasteiger partial charge on any atom is 0.251 e. The van der Waals surface area contributed by atoms with Gasteiger partial charge in [-0.15, -0.1) is 0 Å². The minimum Gasteiger partial charge on any atom is -0.353 e. The summed E-state index contributed by atoms with van der Waals surface area (Å²) in [6, 6.07) is 7.34. The molecule has 20 heavy (non-hydrogen) atoms. The van der Waals surface area contributed by atoms with Crippen molar-refractivity contribution in [1.29, 1.82) is 0 Å². The minimum absolute atomic E-state index is 0.0204. The van der Waals surface area contributed by atoms with E-state index in [0.717, 1.165) is 24.9 Å². The van der Waals surface area contributed by atoms with Gasteiger partial charge in [-0.3, -0.25) is 9.59 Å². The second-order valence-electron chi connectivity index (χ2n) is 5.06. The number of amides is 2. The zero-order chi connectivity index (χ0) is 14.4. The number of aryl methyl sites for hydroxylation is 1. The van der Waals surface area contributed by atoms with E-state index in [-0.39, 0.29) is 17.9 Å². The summed E-state index contributed by atoms with van der Waals surface area (Å²) in [5.74, 6) is -0.0923. The third-order valence-corrected chi connectivity index (χ3v) is 3.40. The van der Waals surface area contributed by atoms with Crippen molar-refractivity contribution in [2.45, 2.75) is 25.8 Å². The molecule has 1 atom stereocenters. The van der Waals surface area contributed by atoms with Gasteiger partial charge in [-0.1, -0.05) is 17.7 Å². The summed E-state index contributed by atoms with van der Waals surface area (Å²) in [6.45, 7) is 3.77. The number of carbonyl (C=O) groups excluding carboxylic acids is 2. The monoisotopic (exact) mass is 275 g/mol. The maximum absolute atomic E-state index is 11.8. The smallest absolute Gasteiger partial charge is 0.251 e. The molecule has 1 aromatic carbocycles. The fourth-order valence-electron chi connectivity index (χ4n) is 2.20. The first-order valence-corrected chi connectivity index (χ1v) is 7.03. The molecule has 0 unspecified atom stereocenters. The van der Waals surface area contributed by atoms with Crippen LogP contribution in [0.3, 0.4) is 0 Å². The Morgan fingerprint density at radius 1 is 1.20 bits per heavy atom. The van der Waals surface area contributed by atoms with Crippen LogP contribution in [0.25, 0.3) is 0 Å². The summed E-state index contributed by atoms with van der Waals surface area (Å²) in [5.41, 5.74) is 1.76. The van der Waals surface area contributed by atoms with E-state index in [1.165, 1.54) is 0 Å². The molecule has 1 fully saturated rings. The van der Waals surface area contributed by atoms with Crippen molar-refractivity contribution >= 4 is 11.8 Å². The van der Waals surface area contributed by atoms with Gasteiger partial charge in [0.25, 0.3) is 5.91 Å². The van der Waals surface area contributed by atoms with Crippen LogP contribution in [0.2, 0.25) is 0 Å². The van der Waals surface area contributed by atoms with E-state index < -0.39 is 0 Å². The standard InChI is InChI=1S/C15H21N3O2/c1-11-4-6-12(7-5-11)14(19)17-9-10-18-15(20)13-3-2-8-16-13/h4-7,13,16H,2-3,8-10H2,1H3,(H,17,19)(H,18,20)/t13-/m1/s1. The molecule has 1 heterocycles. The molecule has 5 nitrogen and oxygen atoms in total. The van der Waals surface area contributed by atoms with Gasteiger partial charge in [0.05, 0.1) is 6.04 Å². The Bertz CT molecular complexity index is 465. The van der Waals surface area contributed by atoms with E-state index in [2.05, 4.69) is 16.0 Å². The third kappa shape index (κ3) is 4.06. The van der Waals surface area contributed by atoms with E-state index in [1.54, 1.807) is 12.1 Å². The van der Waals surface area contributed by atoms with Crippen LogP contribution in [-0.2, 0) is 4.79 Å². The highest BCUT2D eigenvalue weighted by atomic mass is 16.2. The predicted molar refractivity (Wildman–Crippen MR) is 77.5 cm³/mol. The highest BCUT2D eigenvalue weighted by Gasteiger charge is 2.21.